The van der Waals surface area contributed by atoms with Crippen molar-refractivity contribution in [1.82, 2.24) is 0 Å². The van der Waals surface area contributed by atoms with Gasteiger partial charge >= 0.3 is 0 Å². The molecule has 0 aliphatic heterocycles. The first-order chi connectivity index (χ1) is 16.5. The second kappa shape index (κ2) is 11.8. The second-order valence-electron chi connectivity index (χ2n) is 7.84. The third kappa shape index (κ3) is 6.56. The summed E-state index contributed by atoms with van der Waals surface area (Å²) in [7, 11) is 0. The molecule has 4 aromatic rings. The van der Waals surface area contributed by atoms with Crippen molar-refractivity contribution in [3.05, 3.63) is 152 Å². The first-order valence-corrected chi connectivity index (χ1v) is 12.4. The number of hydrogen-bond donors (Lipinski definition) is 0. The third-order valence-electron chi connectivity index (χ3n) is 5.48. The maximum absolute atomic E-state index is 6.12. The molecule has 0 atom stereocenters. The van der Waals surface area contributed by atoms with E-state index in [1.807, 2.05) is 97.1 Å². The van der Waals surface area contributed by atoms with Crippen LogP contribution in [0.25, 0.3) is 11.1 Å². The molecule has 0 saturated heterocycles. The zero-order valence-corrected chi connectivity index (χ0v) is 21.3. The Hall–Kier alpha value is -2.48. The minimum atomic E-state index is 0.720. The van der Waals surface area contributed by atoms with Gasteiger partial charge < -0.3 is 0 Å². The largest absolute Gasteiger partial charge is 0.0843 e. The molecule has 4 rings (SSSR count). The summed E-state index contributed by atoms with van der Waals surface area (Å²) in [4.78, 5) is 0. The lowest BCUT2D eigenvalue weighted by atomic mass is 9.95. The van der Waals surface area contributed by atoms with Gasteiger partial charge in [-0.1, -0.05) is 107 Å². The molecule has 0 unspecified atom stereocenters. The van der Waals surface area contributed by atoms with E-state index in [1.165, 1.54) is 0 Å². The lowest BCUT2D eigenvalue weighted by Gasteiger charge is -2.11. The summed E-state index contributed by atoms with van der Waals surface area (Å²) in [5.41, 5.74) is 6.78. The average Bonchev–Trinajstić information content (AvgIpc) is 2.85. The van der Waals surface area contributed by atoms with E-state index in [1.54, 1.807) is 0 Å². The molecule has 0 N–H and O–H groups in total. The van der Waals surface area contributed by atoms with Crippen molar-refractivity contribution >= 4 is 57.5 Å². The van der Waals surface area contributed by atoms with Gasteiger partial charge in [0.25, 0.3) is 0 Å². The maximum Gasteiger partial charge on any atom is 0.0406 e. The van der Waals surface area contributed by atoms with E-state index in [0.717, 1.165) is 66.3 Å². The molecule has 4 aromatic carbocycles. The second-order valence-corrected chi connectivity index (χ2v) is 9.59. The van der Waals surface area contributed by atoms with E-state index in [9.17, 15) is 0 Å². The molecule has 0 nitrogen and oxygen atoms in total. The summed E-state index contributed by atoms with van der Waals surface area (Å²) in [5, 5.41) is 2.88. The molecule has 0 amide bonds. The SMILES string of the molecule is Clc1ccc(C(=CCCC=C(c2ccc(Cl)cc2)c2ccc(Cl)cc2)c2ccc(Cl)cc2)cc1. The molecular formula is C30H22Cl4. The zero-order chi connectivity index (χ0) is 23.9. The van der Waals surface area contributed by atoms with E-state index in [4.69, 9.17) is 46.4 Å². The van der Waals surface area contributed by atoms with Gasteiger partial charge in [-0.3, -0.25) is 0 Å². The Balaban J connectivity index is 1.63. The minimum absolute atomic E-state index is 0.720. The van der Waals surface area contributed by atoms with Crippen molar-refractivity contribution in [2.75, 3.05) is 0 Å². The molecule has 0 spiro atoms. The van der Waals surface area contributed by atoms with E-state index >= 15 is 0 Å². The van der Waals surface area contributed by atoms with Gasteiger partial charge in [-0.05, 0) is 94.8 Å². The molecule has 0 saturated carbocycles. The normalized spacial score (nSPS) is 10.6. The van der Waals surface area contributed by atoms with E-state index < -0.39 is 0 Å². The van der Waals surface area contributed by atoms with Gasteiger partial charge in [0.05, 0.1) is 0 Å². The van der Waals surface area contributed by atoms with Crippen LogP contribution in [0.4, 0.5) is 0 Å². The number of unbranched alkanes of at least 4 members (excludes halogenated alkanes) is 1. The highest BCUT2D eigenvalue weighted by molar-refractivity contribution is 6.31. The topological polar surface area (TPSA) is 0 Å². The van der Waals surface area contributed by atoms with Crippen molar-refractivity contribution in [2.45, 2.75) is 12.8 Å². The Labute approximate surface area is 221 Å². The first-order valence-electron chi connectivity index (χ1n) is 10.9. The smallest absolute Gasteiger partial charge is 0.0406 e. The van der Waals surface area contributed by atoms with Crippen LogP contribution in [0.1, 0.15) is 35.1 Å². The maximum atomic E-state index is 6.12. The van der Waals surface area contributed by atoms with Crippen LogP contribution in [0, 0.1) is 0 Å². The van der Waals surface area contributed by atoms with Crippen LogP contribution < -0.4 is 0 Å². The molecular weight excluding hydrogens is 502 g/mol. The number of rotatable bonds is 7. The Morgan fingerprint density at radius 1 is 0.382 bits per heavy atom. The summed E-state index contributed by atoms with van der Waals surface area (Å²) in [5.74, 6) is 0. The molecule has 170 valence electrons. The predicted octanol–water partition coefficient (Wildman–Crippen LogP) is 10.6. The fraction of sp³-hybridized carbons (Fsp3) is 0.0667. The quantitative estimate of drug-likeness (QED) is 0.211. The molecule has 0 aliphatic carbocycles. The number of halogens is 4. The van der Waals surface area contributed by atoms with Gasteiger partial charge in [0.15, 0.2) is 0 Å². The summed E-state index contributed by atoms with van der Waals surface area (Å²) in [6.07, 6.45) is 6.27. The van der Waals surface area contributed by atoms with Crippen molar-refractivity contribution in [1.29, 1.82) is 0 Å². The van der Waals surface area contributed by atoms with Crippen LogP contribution in [0.2, 0.25) is 20.1 Å². The van der Waals surface area contributed by atoms with Crippen LogP contribution in [0.15, 0.2) is 109 Å². The Bertz CT molecular complexity index is 1080. The summed E-state index contributed by atoms with van der Waals surface area (Å²) in [6, 6.07) is 31.7. The highest BCUT2D eigenvalue weighted by atomic mass is 35.5. The highest BCUT2D eigenvalue weighted by Crippen LogP contribution is 2.29. The van der Waals surface area contributed by atoms with Crippen molar-refractivity contribution < 1.29 is 0 Å². The highest BCUT2D eigenvalue weighted by Gasteiger charge is 2.07. The van der Waals surface area contributed by atoms with Gasteiger partial charge in [0.1, 0.15) is 0 Å². The van der Waals surface area contributed by atoms with E-state index in [2.05, 4.69) is 12.2 Å². The van der Waals surface area contributed by atoms with Gasteiger partial charge in [0.2, 0.25) is 0 Å². The van der Waals surface area contributed by atoms with Crippen LogP contribution in [-0.2, 0) is 0 Å². The molecule has 4 heteroatoms. The Kier molecular flexibility index (Phi) is 8.53. The number of benzene rings is 4. The Morgan fingerprint density at radius 3 is 0.794 bits per heavy atom. The van der Waals surface area contributed by atoms with E-state index in [0.29, 0.717) is 0 Å². The van der Waals surface area contributed by atoms with Gasteiger partial charge in [0, 0.05) is 20.1 Å². The fourth-order valence-electron chi connectivity index (χ4n) is 3.78. The summed E-state index contributed by atoms with van der Waals surface area (Å²) in [6.45, 7) is 0. The summed E-state index contributed by atoms with van der Waals surface area (Å²) < 4.78 is 0. The van der Waals surface area contributed by atoms with Crippen LogP contribution in [-0.4, -0.2) is 0 Å². The number of hydrogen-bond acceptors (Lipinski definition) is 0. The Morgan fingerprint density at radius 2 is 0.588 bits per heavy atom. The number of allylic oxidation sites excluding steroid dienone is 2. The zero-order valence-electron chi connectivity index (χ0n) is 18.3. The van der Waals surface area contributed by atoms with Crippen molar-refractivity contribution in [3.8, 4) is 0 Å². The molecule has 0 radical (unpaired) electrons. The molecule has 0 fully saturated rings. The van der Waals surface area contributed by atoms with Crippen LogP contribution >= 0.6 is 46.4 Å². The first kappa shape index (κ1) is 24.6. The molecule has 0 heterocycles. The van der Waals surface area contributed by atoms with Crippen LogP contribution in [0.3, 0.4) is 0 Å². The van der Waals surface area contributed by atoms with Crippen molar-refractivity contribution in [3.63, 3.8) is 0 Å². The van der Waals surface area contributed by atoms with Crippen LogP contribution in [0.5, 0.6) is 0 Å². The van der Waals surface area contributed by atoms with Gasteiger partial charge in [-0.2, -0.15) is 0 Å². The predicted molar refractivity (Wildman–Crippen MR) is 149 cm³/mol. The molecule has 0 aromatic heterocycles. The molecule has 0 aliphatic rings. The fourth-order valence-corrected chi connectivity index (χ4v) is 4.28. The average molecular weight is 524 g/mol. The standard InChI is InChI=1S/C30H22Cl4/c31-25-13-5-21(6-14-25)29(22-7-15-26(32)16-8-22)3-1-2-4-30(23-9-17-27(33)18-10-23)24-11-19-28(34)20-12-24/h3-20H,1-2H2. The van der Waals surface area contributed by atoms with Gasteiger partial charge in [-0.15, -0.1) is 0 Å². The summed E-state index contributed by atoms with van der Waals surface area (Å²) >= 11 is 24.5. The monoisotopic (exact) mass is 522 g/mol. The lowest BCUT2D eigenvalue weighted by Crippen LogP contribution is -1.90. The minimum Gasteiger partial charge on any atom is -0.0843 e. The van der Waals surface area contributed by atoms with Gasteiger partial charge in [-0.25, -0.2) is 0 Å². The molecule has 0 bridgehead atoms. The van der Waals surface area contributed by atoms with Crippen molar-refractivity contribution in [2.24, 2.45) is 0 Å². The third-order valence-corrected chi connectivity index (χ3v) is 6.49. The molecule has 34 heavy (non-hydrogen) atoms. The van der Waals surface area contributed by atoms with E-state index in [-0.39, 0.29) is 0 Å². The lowest BCUT2D eigenvalue weighted by molar-refractivity contribution is 1.05.